The summed E-state index contributed by atoms with van der Waals surface area (Å²) in [5.41, 5.74) is 1.52. The van der Waals surface area contributed by atoms with Crippen LogP contribution in [0, 0.1) is 3.57 Å². The number of halogens is 1. The second kappa shape index (κ2) is 7.67. The molecule has 3 rings (SSSR count). The maximum Gasteiger partial charge on any atom is 0.261 e. The third kappa shape index (κ3) is 3.70. The van der Waals surface area contributed by atoms with Gasteiger partial charge >= 0.3 is 0 Å². The van der Waals surface area contributed by atoms with Gasteiger partial charge in [0.2, 0.25) is 0 Å². The van der Waals surface area contributed by atoms with E-state index in [2.05, 4.69) is 32.6 Å². The average Bonchev–Trinajstić information content (AvgIpc) is 2.61. The van der Waals surface area contributed by atoms with Crippen molar-refractivity contribution in [3.63, 3.8) is 0 Å². The zero-order valence-corrected chi connectivity index (χ0v) is 15.1. The number of aromatic nitrogens is 3. The van der Waals surface area contributed by atoms with Gasteiger partial charge in [-0.2, -0.15) is 0 Å². The number of pyridine rings is 1. The van der Waals surface area contributed by atoms with Crippen molar-refractivity contribution >= 4 is 45.6 Å². The first-order valence-corrected chi connectivity index (χ1v) is 8.66. The van der Waals surface area contributed by atoms with Crippen molar-refractivity contribution in [3.8, 4) is 0 Å². The summed E-state index contributed by atoms with van der Waals surface area (Å²) in [6, 6.07) is 9.42. The number of aliphatic hydroxyl groups is 1. The number of hydrogen-bond donors (Lipinski definition) is 1. The number of nitrogens with zero attached hydrogens (tertiary/aromatic N) is 3. The first-order chi connectivity index (χ1) is 11.7. The largest absolute Gasteiger partial charge is 0.396 e. The van der Waals surface area contributed by atoms with Crippen LogP contribution in [-0.2, 0) is 6.54 Å². The topological polar surface area (TPSA) is 68.0 Å². The highest BCUT2D eigenvalue weighted by atomic mass is 127. The molecule has 0 aliphatic heterocycles. The molecule has 0 bridgehead atoms. The molecule has 1 N–H and O–H groups in total. The van der Waals surface area contributed by atoms with E-state index < -0.39 is 0 Å². The van der Waals surface area contributed by atoms with Gasteiger partial charge in [0.05, 0.1) is 10.9 Å². The summed E-state index contributed by atoms with van der Waals surface area (Å²) >= 11 is 2.18. The highest BCUT2D eigenvalue weighted by molar-refractivity contribution is 14.1. The molecule has 0 saturated heterocycles. The minimum atomic E-state index is -0.0854. The van der Waals surface area contributed by atoms with E-state index in [1.54, 1.807) is 17.0 Å². The molecule has 122 valence electrons. The highest BCUT2D eigenvalue weighted by Crippen LogP contribution is 2.15. The molecule has 1 aromatic carbocycles. The fourth-order valence-electron chi connectivity index (χ4n) is 2.43. The van der Waals surface area contributed by atoms with Crippen molar-refractivity contribution in [3.05, 3.63) is 68.0 Å². The van der Waals surface area contributed by atoms with Crippen molar-refractivity contribution < 1.29 is 5.11 Å². The van der Waals surface area contributed by atoms with Crippen LogP contribution in [0.2, 0.25) is 0 Å². The molecule has 2 aromatic heterocycles. The third-order valence-corrected chi connectivity index (χ3v) is 4.27. The monoisotopic (exact) mass is 433 g/mol. The summed E-state index contributed by atoms with van der Waals surface area (Å²) < 4.78 is 2.60. The number of hydrogen-bond acceptors (Lipinski definition) is 4. The first kappa shape index (κ1) is 16.8. The number of benzene rings is 1. The van der Waals surface area contributed by atoms with Crippen LogP contribution in [-0.4, -0.2) is 26.2 Å². The molecule has 0 fully saturated rings. The quantitative estimate of drug-likeness (QED) is 0.629. The Kier molecular flexibility index (Phi) is 5.37. The molecule has 2 heterocycles. The van der Waals surface area contributed by atoms with Crippen LogP contribution in [0.25, 0.3) is 23.1 Å². The molecule has 0 aliphatic carbocycles. The van der Waals surface area contributed by atoms with Gasteiger partial charge in [-0.15, -0.1) is 0 Å². The lowest BCUT2D eigenvalue weighted by Crippen LogP contribution is -2.24. The predicted octanol–water partition coefficient (Wildman–Crippen LogP) is 2.95. The normalized spacial score (nSPS) is 11.4. The van der Waals surface area contributed by atoms with E-state index >= 15 is 0 Å². The van der Waals surface area contributed by atoms with Crippen molar-refractivity contribution in [2.24, 2.45) is 0 Å². The molecule has 5 nitrogen and oxygen atoms in total. The lowest BCUT2D eigenvalue weighted by Gasteiger charge is -2.10. The van der Waals surface area contributed by atoms with E-state index in [-0.39, 0.29) is 12.2 Å². The number of aliphatic hydroxyl groups excluding tert-OH is 1. The number of rotatable bonds is 5. The molecule has 3 aromatic rings. The van der Waals surface area contributed by atoms with Crippen LogP contribution in [0.1, 0.15) is 17.8 Å². The lowest BCUT2D eigenvalue weighted by atomic mass is 10.2. The summed E-state index contributed by atoms with van der Waals surface area (Å²) in [6.07, 6.45) is 7.65. The Labute approximate surface area is 152 Å². The van der Waals surface area contributed by atoms with Gasteiger partial charge in [-0.3, -0.25) is 14.3 Å². The third-order valence-electron chi connectivity index (χ3n) is 3.59. The molecule has 0 atom stereocenters. The zero-order valence-electron chi connectivity index (χ0n) is 12.9. The molecule has 0 amide bonds. The van der Waals surface area contributed by atoms with Crippen LogP contribution < -0.4 is 5.56 Å². The molecular weight excluding hydrogens is 417 g/mol. The van der Waals surface area contributed by atoms with Crippen LogP contribution in [0.3, 0.4) is 0 Å². The Hall–Kier alpha value is -2.06. The van der Waals surface area contributed by atoms with Crippen molar-refractivity contribution in [1.29, 1.82) is 0 Å². The van der Waals surface area contributed by atoms with Gasteiger partial charge in [0.1, 0.15) is 5.82 Å². The van der Waals surface area contributed by atoms with E-state index in [0.717, 1.165) is 9.13 Å². The SMILES string of the molecule is O=c1c2cc(I)ccc2nc(/C=C/c2cccnc2)n1CCCO. The highest BCUT2D eigenvalue weighted by Gasteiger charge is 2.09. The van der Waals surface area contributed by atoms with Gasteiger partial charge < -0.3 is 5.11 Å². The molecule has 0 aliphatic rings. The van der Waals surface area contributed by atoms with Crippen LogP contribution in [0.15, 0.2) is 47.5 Å². The van der Waals surface area contributed by atoms with Gasteiger partial charge in [-0.1, -0.05) is 6.07 Å². The minimum absolute atomic E-state index is 0.0303. The first-order valence-electron chi connectivity index (χ1n) is 7.58. The van der Waals surface area contributed by atoms with Gasteiger partial charge in [0.25, 0.3) is 5.56 Å². The smallest absolute Gasteiger partial charge is 0.261 e. The lowest BCUT2D eigenvalue weighted by molar-refractivity contribution is 0.278. The second-order valence-electron chi connectivity index (χ2n) is 5.29. The Morgan fingerprint density at radius 3 is 2.88 bits per heavy atom. The van der Waals surface area contributed by atoms with E-state index in [4.69, 9.17) is 5.11 Å². The van der Waals surface area contributed by atoms with Crippen LogP contribution >= 0.6 is 22.6 Å². The van der Waals surface area contributed by atoms with E-state index in [9.17, 15) is 4.79 Å². The Morgan fingerprint density at radius 1 is 1.25 bits per heavy atom. The molecule has 0 saturated carbocycles. The van der Waals surface area contributed by atoms with Crippen LogP contribution in [0.4, 0.5) is 0 Å². The molecule has 6 heteroatoms. The van der Waals surface area contributed by atoms with Crippen molar-refractivity contribution in [2.45, 2.75) is 13.0 Å². The maximum atomic E-state index is 12.8. The molecule has 0 unspecified atom stereocenters. The van der Waals surface area contributed by atoms with Gasteiger partial charge in [-0.25, -0.2) is 4.98 Å². The molecular formula is C18H16IN3O2. The van der Waals surface area contributed by atoms with Crippen LogP contribution in [0.5, 0.6) is 0 Å². The fraction of sp³-hybridized carbons (Fsp3) is 0.167. The van der Waals surface area contributed by atoms with Gasteiger partial charge in [0.15, 0.2) is 0 Å². The average molecular weight is 433 g/mol. The summed E-state index contributed by atoms with van der Waals surface area (Å²) in [5.74, 6) is 0.575. The van der Waals surface area contributed by atoms with Gasteiger partial charge in [-0.05, 0) is 71.0 Å². The minimum Gasteiger partial charge on any atom is -0.396 e. The predicted molar refractivity (Wildman–Crippen MR) is 104 cm³/mol. The summed E-state index contributed by atoms with van der Waals surface area (Å²) in [4.78, 5) is 21.5. The Bertz CT molecular complexity index is 936. The van der Waals surface area contributed by atoms with Crippen molar-refractivity contribution in [1.82, 2.24) is 14.5 Å². The fourth-order valence-corrected chi connectivity index (χ4v) is 2.92. The van der Waals surface area contributed by atoms with E-state index in [1.807, 2.05) is 42.5 Å². The zero-order chi connectivity index (χ0) is 16.9. The molecule has 24 heavy (non-hydrogen) atoms. The number of fused-ring (bicyclic) bond motifs is 1. The van der Waals surface area contributed by atoms with E-state index in [0.29, 0.717) is 29.7 Å². The molecule has 0 radical (unpaired) electrons. The molecule has 0 spiro atoms. The Balaban J connectivity index is 2.12. The summed E-state index contributed by atoms with van der Waals surface area (Å²) in [7, 11) is 0. The van der Waals surface area contributed by atoms with E-state index in [1.165, 1.54) is 0 Å². The Morgan fingerprint density at radius 2 is 2.12 bits per heavy atom. The summed E-state index contributed by atoms with van der Waals surface area (Å²) in [6.45, 7) is 0.457. The summed E-state index contributed by atoms with van der Waals surface area (Å²) in [5, 5.41) is 9.71. The second-order valence-corrected chi connectivity index (χ2v) is 6.53. The van der Waals surface area contributed by atoms with Crippen molar-refractivity contribution in [2.75, 3.05) is 6.61 Å². The maximum absolute atomic E-state index is 12.8. The standard InChI is InChI=1S/C18H16IN3O2/c19-14-5-6-16-15(11-14)18(24)22(9-2-10-23)17(21-16)7-4-13-3-1-8-20-12-13/h1,3-8,11-12,23H,2,9-10H2/b7-4+. The van der Waals surface area contributed by atoms with Gasteiger partial charge in [0, 0.05) is 29.1 Å².